The Balaban J connectivity index is 1.44. The maximum absolute atomic E-state index is 12.2. The topological polar surface area (TPSA) is 72.5 Å². The minimum absolute atomic E-state index is 0.281. The average molecular weight is 637 g/mol. The van der Waals surface area contributed by atoms with Crippen molar-refractivity contribution < 1.29 is 33.2 Å². The summed E-state index contributed by atoms with van der Waals surface area (Å²) in [6, 6.07) is 40.2. The molecule has 4 aromatic rings. The summed E-state index contributed by atoms with van der Waals surface area (Å²) in [6.45, 7) is 3.90. The molecule has 47 heavy (non-hydrogen) atoms. The Morgan fingerprint density at radius 1 is 0.596 bits per heavy atom. The summed E-state index contributed by atoms with van der Waals surface area (Å²) in [5, 5.41) is 0. The van der Waals surface area contributed by atoms with Crippen molar-refractivity contribution >= 4 is 5.97 Å². The Bertz CT molecular complexity index is 1460. The standard InChI is InChI=1S/C40H44O7/c1-2-43-37(41)25-15-24-35-38(44-27-32-18-9-4-10-19-32)40(46-29-34-22-13-6-14-23-34)39(45-28-33-20-11-5-12-21-33)36(47-35)30-42-26-31-16-7-3-8-17-31/h3-23,25,35-36,38-40H,2,24,26-30H2,1H3/b25-15+/t35-,36-,38+,39-,40-/m1/s1. The van der Waals surface area contributed by atoms with Crippen LogP contribution >= 0.6 is 0 Å². The average Bonchev–Trinajstić information content (AvgIpc) is 3.11. The van der Waals surface area contributed by atoms with E-state index < -0.39 is 36.5 Å². The van der Waals surface area contributed by atoms with E-state index in [0.29, 0.717) is 39.5 Å². The van der Waals surface area contributed by atoms with Crippen molar-refractivity contribution in [2.24, 2.45) is 0 Å². The Morgan fingerprint density at radius 2 is 1.02 bits per heavy atom. The molecule has 1 aliphatic heterocycles. The van der Waals surface area contributed by atoms with Gasteiger partial charge in [-0.05, 0) is 35.6 Å². The molecule has 4 aromatic carbocycles. The van der Waals surface area contributed by atoms with Crippen LogP contribution in [-0.2, 0) is 59.6 Å². The maximum Gasteiger partial charge on any atom is 0.330 e. The van der Waals surface area contributed by atoms with Gasteiger partial charge < -0.3 is 28.4 Å². The van der Waals surface area contributed by atoms with Crippen LogP contribution in [0.3, 0.4) is 0 Å². The van der Waals surface area contributed by atoms with E-state index in [1.807, 2.05) is 121 Å². The number of rotatable bonds is 17. The number of hydrogen-bond donors (Lipinski definition) is 0. The molecule has 1 aliphatic rings. The third kappa shape index (κ3) is 11.0. The first kappa shape index (κ1) is 34.2. The second kappa shape index (κ2) is 18.9. The van der Waals surface area contributed by atoms with Crippen LogP contribution in [0.5, 0.6) is 0 Å². The van der Waals surface area contributed by atoms with Gasteiger partial charge in [0.25, 0.3) is 0 Å². The van der Waals surface area contributed by atoms with E-state index in [1.165, 1.54) is 6.08 Å². The number of ether oxygens (including phenoxy) is 6. The summed E-state index contributed by atoms with van der Waals surface area (Å²) in [5.41, 5.74) is 4.18. The van der Waals surface area contributed by atoms with Crippen LogP contribution in [0, 0.1) is 0 Å². The van der Waals surface area contributed by atoms with E-state index in [2.05, 4.69) is 0 Å². The number of hydrogen-bond acceptors (Lipinski definition) is 7. The van der Waals surface area contributed by atoms with Crippen molar-refractivity contribution in [1.82, 2.24) is 0 Å². The fourth-order valence-electron chi connectivity index (χ4n) is 5.56. The zero-order valence-corrected chi connectivity index (χ0v) is 26.9. The highest BCUT2D eigenvalue weighted by molar-refractivity contribution is 5.81. The summed E-state index contributed by atoms with van der Waals surface area (Å²) >= 11 is 0. The lowest BCUT2D eigenvalue weighted by molar-refractivity contribution is -0.271. The van der Waals surface area contributed by atoms with E-state index >= 15 is 0 Å². The van der Waals surface area contributed by atoms with Crippen LogP contribution in [0.15, 0.2) is 133 Å². The van der Waals surface area contributed by atoms with Crippen LogP contribution in [-0.4, -0.2) is 49.7 Å². The quantitative estimate of drug-likeness (QED) is 0.0894. The van der Waals surface area contributed by atoms with E-state index in [4.69, 9.17) is 28.4 Å². The van der Waals surface area contributed by atoms with Gasteiger partial charge in [0.1, 0.15) is 24.4 Å². The zero-order chi connectivity index (χ0) is 32.5. The third-order valence-corrected chi connectivity index (χ3v) is 7.89. The minimum atomic E-state index is -0.517. The minimum Gasteiger partial charge on any atom is -0.463 e. The molecule has 0 N–H and O–H groups in total. The van der Waals surface area contributed by atoms with Gasteiger partial charge in [-0.2, -0.15) is 0 Å². The molecular formula is C40H44O7. The van der Waals surface area contributed by atoms with Gasteiger partial charge in [0, 0.05) is 6.08 Å². The Kier molecular flexibility index (Phi) is 13.8. The van der Waals surface area contributed by atoms with Crippen LogP contribution in [0.25, 0.3) is 0 Å². The lowest BCUT2D eigenvalue weighted by atomic mass is 9.92. The van der Waals surface area contributed by atoms with Gasteiger partial charge >= 0.3 is 5.97 Å². The SMILES string of the molecule is CCOC(=O)/C=C/C[C@H]1O[C@H](COCc2ccccc2)[C@@H](OCc2ccccc2)[C@H](OCc2ccccc2)[C@H]1OCc1ccccc1. The van der Waals surface area contributed by atoms with Gasteiger partial charge in [0.2, 0.25) is 0 Å². The summed E-state index contributed by atoms with van der Waals surface area (Å²) < 4.78 is 38.3. The molecule has 0 aromatic heterocycles. The number of carbonyl (C=O) groups is 1. The van der Waals surface area contributed by atoms with Gasteiger partial charge in [-0.1, -0.05) is 127 Å². The first-order valence-corrected chi connectivity index (χ1v) is 16.3. The largest absolute Gasteiger partial charge is 0.463 e. The molecule has 5 atom stereocenters. The van der Waals surface area contributed by atoms with Crippen molar-refractivity contribution in [3.05, 3.63) is 156 Å². The molecule has 0 radical (unpaired) electrons. The van der Waals surface area contributed by atoms with Crippen molar-refractivity contribution in [2.45, 2.75) is 70.3 Å². The first-order chi connectivity index (χ1) is 23.2. The smallest absolute Gasteiger partial charge is 0.330 e. The zero-order valence-electron chi connectivity index (χ0n) is 26.9. The van der Waals surface area contributed by atoms with Gasteiger partial charge in [0.05, 0.1) is 45.7 Å². The third-order valence-electron chi connectivity index (χ3n) is 7.89. The molecule has 7 nitrogen and oxygen atoms in total. The molecular weight excluding hydrogens is 592 g/mol. The van der Waals surface area contributed by atoms with Gasteiger partial charge in [-0.25, -0.2) is 4.79 Å². The predicted molar refractivity (Wildman–Crippen MR) is 180 cm³/mol. The fourth-order valence-corrected chi connectivity index (χ4v) is 5.56. The van der Waals surface area contributed by atoms with Gasteiger partial charge in [0.15, 0.2) is 0 Å². The molecule has 1 saturated heterocycles. The second-order valence-corrected chi connectivity index (χ2v) is 11.4. The van der Waals surface area contributed by atoms with Crippen LogP contribution in [0.4, 0.5) is 0 Å². The number of carbonyl (C=O) groups excluding carboxylic acids is 1. The van der Waals surface area contributed by atoms with Crippen molar-refractivity contribution in [1.29, 1.82) is 0 Å². The van der Waals surface area contributed by atoms with Crippen LogP contribution < -0.4 is 0 Å². The number of benzene rings is 4. The molecule has 0 spiro atoms. The van der Waals surface area contributed by atoms with Gasteiger partial charge in [-0.15, -0.1) is 0 Å². The maximum atomic E-state index is 12.2. The van der Waals surface area contributed by atoms with Crippen molar-refractivity contribution in [3.8, 4) is 0 Å². The molecule has 0 aliphatic carbocycles. The number of esters is 1. The van der Waals surface area contributed by atoms with Crippen molar-refractivity contribution in [3.63, 3.8) is 0 Å². The summed E-state index contributed by atoms with van der Waals surface area (Å²) in [7, 11) is 0. The molecule has 0 amide bonds. The van der Waals surface area contributed by atoms with Gasteiger partial charge in [-0.3, -0.25) is 0 Å². The van der Waals surface area contributed by atoms with Crippen molar-refractivity contribution in [2.75, 3.05) is 13.2 Å². The highest BCUT2D eigenvalue weighted by Gasteiger charge is 2.48. The lowest BCUT2D eigenvalue weighted by Gasteiger charge is -2.46. The van der Waals surface area contributed by atoms with E-state index in [0.717, 1.165) is 22.3 Å². The van der Waals surface area contributed by atoms with Crippen LogP contribution in [0.2, 0.25) is 0 Å². The molecule has 7 heteroatoms. The molecule has 1 heterocycles. The molecule has 5 rings (SSSR count). The molecule has 1 fully saturated rings. The highest BCUT2D eigenvalue weighted by Crippen LogP contribution is 2.32. The Hall–Kier alpha value is -4.11. The highest BCUT2D eigenvalue weighted by atomic mass is 16.6. The first-order valence-electron chi connectivity index (χ1n) is 16.3. The predicted octanol–water partition coefficient (Wildman–Crippen LogP) is 7.24. The lowest BCUT2D eigenvalue weighted by Crippen LogP contribution is -2.61. The molecule has 246 valence electrons. The molecule has 0 saturated carbocycles. The summed E-state index contributed by atoms with van der Waals surface area (Å²) in [6.07, 6.45) is 1.17. The van der Waals surface area contributed by atoms with E-state index in [-0.39, 0.29) is 6.61 Å². The van der Waals surface area contributed by atoms with E-state index in [1.54, 1.807) is 13.0 Å². The summed E-state index contributed by atoms with van der Waals surface area (Å²) in [4.78, 5) is 12.2. The Labute approximate surface area is 278 Å². The monoisotopic (exact) mass is 636 g/mol. The second-order valence-electron chi connectivity index (χ2n) is 11.4. The van der Waals surface area contributed by atoms with Crippen LogP contribution in [0.1, 0.15) is 35.6 Å². The van der Waals surface area contributed by atoms with E-state index in [9.17, 15) is 4.79 Å². The normalized spacial score (nSPS) is 21.1. The Morgan fingerprint density at radius 3 is 1.49 bits per heavy atom. The molecule has 0 unspecified atom stereocenters. The fraction of sp³-hybridized carbons (Fsp3) is 0.325. The molecule has 0 bridgehead atoms. The summed E-state index contributed by atoms with van der Waals surface area (Å²) in [5.74, 6) is -0.395.